The van der Waals surface area contributed by atoms with E-state index in [9.17, 15) is 9.18 Å². The number of rotatable bonds is 6. The summed E-state index contributed by atoms with van der Waals surface area (Å²) in [7, 11) is 1.45. The Kier molecular flexibility index (Phi) is 3.97. The third kappa shape index (κ3) is 3.29. The third-order valence-corrected chi connectivity index (χ3v) is 3.06. The minimum absolute atomic E-state index is 0.242. The van der Waals surface area contributed by atoms with Gasteiger partial charge in [-0.1, -0.05) is 0 Å². The minimum Gasteiger partial charge on any atom is -0.493 e. The zero-order valence-corrected chi connectivity index (χ0v) is 10.6. The van der Waals surface area contributed by atoms with Crippen molar-refractivity contribution in [1.29, 1.82) is 0 Å². The molecular formula is C14H17FO3. The molecule has 1 aromatic carbocycles. The molecule has 1 fully saturated rings. The minimum atomic E-state index is -0.580. The fraction of sp³-hybridized carbons (Fsp3) is 0.500. The molecule has 0 N–H and O–H groups in total. The number of hydrogen-bond acceptors (Lipinski definition) is 3. The molecule has 0 saturated heterocycles. The van der Waals surface area contributed by atoms with Crippen molar-refractivity contribution in [3.8, 4) is 5.75 Å². The smallest absolute Gasteiger partial charge is 0.191 e. The van der Waals surface area contributed by atoms with E-state index in [0.29, 0.717) is 18.3 Å². The molecule has 18 heavy (non-hydrogen) atoms. The van der Waals surface area contributed by atoms with Gasteiger partial charge in [-0.05, 0) is 37.8 Å². The first kappa shape index (κ1) is 13.0. The number of ether oxygens (including phenoxy) is 2. The Morgan fingerprint density at radius 1 is 1.44 bits per heavy atom. The lowest BCUT2D eigenvalue weighted by molar-refractivity contribution is 0.0655. The highest BCUT2D eigenvalue weighted by atomic mass is 19.1. The standard InChI is InChI=1S/C14H17FO3/c1-9(17-2)14(16)11-5-12(15)7-13(6-11)18-8-10-3-4-10/h5-7,9-10H,3-4,8H2,1-2H3. The summed E-state index contributed by atoms with van der Waals surface area (Å²) in [6.07, 6.45) is 1.76. The van der Waals surface area contributed by atoms with E-state index in [1.807, 2.05) is 0 Å². The molecule has 1 aromatic rings. The van der Waals surface area contributed by atoms with E-state index in [4.69, 9.17) is 9.47 Å². The lowest BCUT2D eigenvalue weighted by Crippen LogP contribution is -2.19. The van der Waals surface area contributed by atoms with Crippen LogP contribution < -0.4 is 4.74 Å². The lowest BCUT2D eigenvalue weighted by Gasteiger charge is -2.11. The van der Waals surface area contributed by atoms with Crippen molar-refractivity contribution in [1.82, 2.24) is 0 Å². The molecule has 98 valence electrons. The van der Waals surface area contributed by atoms with Crippen LogP contribution in [0.5, 0.6) is 5.75 Å². The van der Waals surface area contributed by atoms with Gasteiger partial charge in [0.25, 0.3) is 0 Å². The quantitative estimate of drug-likeness (QED) is 0.730. The number of halogens is 1. The number of Topliss-reactive ketones (excluding diaryl/α,β-unsaturated/α-hetero) is 1. The number of hydrogen-bond donors (Lipinski definition) is 0. The number of carbonyl (C=O) groups excluding carboxylic acids is 1. The van der Waals surface area contributed by atoms with Gasteiger partial charge in [0.05, 0.1) is 6.61 Å². The monoisotopic (exact) mass is 252 g/mol. The summed E-state index contributed by atoms with van der Waals surface area (Å²) in [4.78, 5) is 11.9. The van der Waals surface area contributed by atoms with Crippen molar-refractivity contribution in [2.45, 2.75) is 25.9 Å². The first-order valence-electron chi connectivity index (χ1n) is 6.10. The zero-order valence-electron chi connectivity index (χ0n) is 10.6. The van der Waals surface area contributed by atoms with Gasteiger partial charge in [-0.3, -0.25) is 4.79 Å². The number of ketones is 1. The van der Waals surface area contributed by atoms with Gasteiger partial charge in [0.1, 0.15) is 17.7 Å². The summed E-state index contributed by atoms with van der Waals surface area (Å²) in [5, 5.41) is 0. The molecule has 0 aliphatic heterocycles. The highest BCUT2D eigenvalue weighted by Gasteiger charge is 2.22. The molecule has 0 amide bonds. The Labute approximate surface area is 106 Å². The summed E-state index contributed by atoms with van der Waals surface area (Å²) in [5.41, 5.74) is 0.287. The normalized spacial score (nSPS) is 16.4. The van der Waals surface area contributed by atoms with Crippen LogP contribution in [0.15, 0.2) is 18.2 Å². The van der Waals surface area contributed by atoms with Crippen LogP contribution in [-0.4, -0.2) is 25.6 Å². The topological polar surface area (TPSA) is 35.5 Å². The second-order valence-corrected chi connectivity index (χ2v) is 4.67. The maximum Gasteiger partial charge on any atom is 0.191 e. The molecule has 1 aliphatic carbocycles. The van der Waals surface area contributed by atoms with Crippen LogP contribution in [0, 0.1) is 11.7 Å². The Morgan fingerprint density at radius 2 is 2.17 bits per heavy atom. The van der Waals surface area contributed by atoms with Crippen LogP contribution in [-0.2, 0) is 4.74 Å². The average molecular weight is 252 g/mol. The Hall–Kier alpha value is -1.42. The summed E-state index contributed by atoms with van der Waals surface area (Å²) in [6, 6.07) is 4.09. The number of carbonyl (C=O) groups is 1. The second kappa shape index (κ2) is 5.48. The SMILES string of the molecule is COC(C)C(=O)c1cc(F)cc(OCC2CC2)c1. The van der Waals surface area contributed by atoms with Gasteiger partial charge in [-0.2, -0.15) is 0 Å². The van der Waals surface area contributed by atoms with Crippen molar-refractivity contribution < 1.29 is 18.7 Å². The predicted molar refractivity (Wildman–Crippen MR) is 65.4 cm³/mol. The fourth-order valence-corrected chi connectivity index (χ4v) is 1.63. The van der Waals surface area contributed by atoms with E-state index in [0.717, 1.165) is 0 Å². The summed E-state index contributed by atoms with van der Waals surface area (Å²) in [6.45, 7) is 2.23. The molecule has 0 bridgehead atoms. The van der Waals surface area contributed by atoms with E-state index in [1.165, 1.54) is 32.1 Å². The molecule has 1 aliphatic rings. The molecular weight excluding hydrogens is 235 g/mol. The van der Waals surface area contributed by atoms with Gasteiger partial charge in [-0.25, -0.2) is 4.39 Å². The van der Waals surface area contributed by atoms with Gasteiger partial charge < -0.3 is 9.47 Å². The third-order valence-electron chi connectivity index (χ3n) is 3.06. The molecule has 0 aromatic heterocycles. The van der Waals surface area contributed by atoms with E-state index in [1.54, 1.807) is 13.0 Å². The van der Waals surface area contributed by atoms with Crippen LogP contribution >= 0.6 is 0 Å². The molecule has 0 radical (unpaired) electrons. The van der Waals surface area contributed by atoms with E-state index in [2.05, 4.69) is 0 Å². The van der Waals surface area contributed by atoms with Crippen LogP contribution in [0.25, 0.3) is 0 Å². The Bertz CT molecular complexity index is 441. The van der Waals surface area contributed by atoms with Crippen LogP contribution in [0.2, 0.25) is 0 Å². The van der Waals surface area contributed by atoms with Crippen molar-refractivity contribution in [2.24, 2.45) is 5.92 Å². The fourth-order valence-electron chi connectivity index (χ4n) is 1.63. The van der Waals surface area contributed by atoms with Gasteiger partial charge in [0.15, 0.2) is 5.78 Å². The highest BCUT2D eigenvalue weighted by Crippen LogP contribution is 2.30. The molecule has 1 atom stereocenters. The lowest BCUT2D eigenvalue weighted by atomic mass is 10.1. The van der Waals surface area contributed by atoms with E-state index >= 15 is 0 Å². The molecule has 3 nitrogen and oxygen atoms in total. The van der Waals surface area contributed by atoms with Crippen molar-refractivity contribution in [3.05, 3.63) is 29.6 Å². The highest BCUT2D eigenvalue weighted by molar-refractivity contribution is 5.99. The summed E-state index contributed by atoms with van der Waals surface area (Å²) < 4.78 is 23.8. The van der Waals surface area contributed by atoms with Gasteiger partial charge in [0, 0.05) is 18.7 Å². The van der Waals surface area contributed by atoms with Crippen molar-refractivity contribution in [2.75, 3.05) is 13.7 Å². The Balaban J connectivity index is 2.11. The summed E-state index contributed by atoms with van der Waals surface area (Å²) >= 11 is 0. The maximum absolute atomic E-state index is 13.4. The molecule has 0 spiro atoms. The van der Waals surface area contributed by atoms with Crippen molar-refractivity contribution in [3.63, 3.8) is 0 Å². The van der Waals surface area contributed by atoms with Crippen molar-refractivity contribution >= 4 is 5.78 Å². The maximum atomic E-state index is 13.4. The zero-order chi connectivity index (χ0) is 13.1. The average Bonchev–Trinajstić information content (AvgIpc) is 3.18. The molecule has 2 rings (SSSR count). The largest absolute Gasteiger partial charge is 0.493 e. The predicted octanol–water partition coefficient (Wildman–Crippen LogP) is 2.83. The Morgan fingerprint density at radius 3 is 2.78 bits per heavy atom. The molecule has 4 heteroatoms. The van der Waals surface area contributed by atoms with Gasteiger partial charge in [-0.15, -0.1) is 0 Å². The first-order valence-corrected chi connectivity index (χ1v) is 6.10. The summed E-state index contributed by atoms with van der Waals surface area (Å²) in [5.74, 6) is 0.294. The first-order chi connectivity index (χ1) is 8.60. The molecule has 1 unspecified atom stereocenters. The number of benzene rings is 1. The number of methoxy groups -OCH3 is 1. The van der Waals surface area contributed by atoms with E-state index in [-0.39, 0.29) is 11.3 Å². The molecule has 1 saturated carbocycles. The second-order valence-electron chi connectivity index (χ2n) is 4.67. The van der Waals surface area contributed by atoms with Crippen LogP contribution in [0.3, 0.4) is 0 Å². The van der Waals surface area contributed by atoms with Gasteiger partial charge in [0.2, 0.25) is 0 Å². The van der Waals surface area contributed by atoms with Crippen LogP contribution in [0.1, 0.15) is 30.1 Å². The molecule has 0 heterocycles. The van der Waals surface area contributed by atoms with Gasteiger partial charge >= 0.3 is 0 Å². The van der Waals surface area contributed by atoms with E-state index < -0.39 is 11.9 Å². The van der Waals surface area contributed by atoms with Crippen LogP contribution in [0.4, 0.5) is 4.39 Å².